The zero-order valence-electron chi connectivity index (χ0n) is 15.3. The maximum absolute atomic E-state index is 13.7. The lowest BCUT2D eigenvalue weighted by atomic mass is 10.2. The van der Waals surface area contributed by atoms with Crippen LogP contribution in [-0.4, -0.2) is 25.9 Å². The summed E-state index contributed by atoms with van der Waals surface area (Å²) in [5, 5.41) is 14.8. The SMILES string of the molecule is O=C(Nc1nnc(Cc2ccccc2)s1)c1cnn(-c2ccccc2)c1C(F)(F)F. The molecule has 152 valence electrons. The van der Waals surface area contributed by atoms with Gasteiger partial charge in [-0.25, -0.2) is 4.68 Å². The van der Waals surface area contributed by atoms with Crippen molar-refractivity contribution in [1.82, 2.24) is 20.0 Å². The second-order valence-electron chi connectivity index (χ2n) is 6.27. The number of aromatic nitrogens is 4. The lowest BCUT2D eigenvalue weighted by molar-refractivity contribution is -0.143. The number of nitrogens with zero attached hydrogens (tertiary/aromatic N) is 4. The molecule has 0 spiro atoms. The fourth-order valence-electron chi connectivity index (χ4n) is 2.86. The van der Waals surface area contributed by atoms with Crippen LogP contribution in [0.3, 0.4) is 0 Å². The Labute approximate surface area is 173 Å². The fraction of sp³-hybridized carbons (Fsp3) is 0.100. The van der Waals surface area contributed by atoms with Gasteiger partial charge in [-0.1, -0.05) is 59.9 Å². The number of anilines is 1. The van der Waals surface area contributed by atoms with Crippen LogP contribution in [0.5, 0.6) is 0 Å². The van der Waals surface area contributed by atoms with Gasteiger partial charge in [-0.05, 0) is 17.7 Å². The van der Waals surface area contributed by atoms with Crippen LogP contribution in [0.15, 0.2) is 66.9 Å². The van der Waals surface area contributed by atoms with Gasteiger partial charge in [0.2, 0.25) is 5.13 Å². The number of rotatable bonds is 5. The molecule has 2 heterocycles. The Hall–Kier alpha value is -3.53. The third-order valence-electron chi connectivity index (χ3n) is 4.17. The minimum absolute atomic E-state index is 0.117. The minimum atomic E-state index is -4.78. The Balaban J connectivity index is 1.58. The highest BCUT2D eigenvalue weighted by Gasteiger charge is 2.40. The Kier molecular flexibility index (Phi) is 5.32. The van der Waals surface area contributed by atoms with Gasteiger partial charge in [0, 0.05) is 6.42 Å². The summed E-state index contributed by atoms with van der Waals surface area (Å²) in [6.45, 7) is 0. The van der Waals surface area contributed by atoms with E-state index in [1.165, 1.54) is 12.1 Å². The van der Waals surface area contributed by atoms with Crippen LogP contribution < -0.4 is 5.32 Å². The summed E-state index contributed by atoms with van der Waals surface area (Å²) in [5.74, 6) is -0.952. The zero-order chi connectivity index (χ0) is 21.1. The number of alkyl halides is 3. The average Bonchev–Trinajstić information content (AvgIpc) is 3.36. The normalized spacial score (nSPS) is 11.4. The van der Waals surface area contributed by atoms with Gasteiger partial charge in [-0.15, -0.1) is 10.2 Å². The maximum Gasteiger partial charge on any atom is 0.434 e. The molecule has 0 aliphatic rings. The third kappa shape index (κ3) is 4.23. The number of para-hydroxylation sites is 1. The quantitative estimate of drug-likeness (QED) is 0.504. The average molecular weight is 429 g/mol. The Morgan fingerprint density at radius 1 is 1.00 bits per heavy atom. The van der Waals surface area contributed by atoms with Crippen molar-refractivity contribution < 1.29 is 18.0 Å². The number of hydrogen-bond donors (Lipinski definition) is 1. The highest BCUT2D eigenvalue weighted by atomic mass is 32.1. The lowest BCUT2D eigenvalue weighted by Crippen LogP contribution is -2.20. The first-order chi connectivity index (χ1) is 14.4. The van der Waals surface area contributed by atoms with E-state index in [9.17, 15) is 18.0 Å². The molecule has 0 fully saturated rings. The van der Waals surface area contributed by atoms with E-state index in [1.54, 1.807) is 18.2 Å². The number of nitrogens with one attached hydrogen (secondary N) is 1. The second-order valence-corrected chi connectivity index (χ2v) is 7.33. The number of halogens is 3. The molecule has 6 nitrogen and oxygen atoms in total. The van der Waals surface area contributed by atoms with Gasteiger partial charge in [0.25, 0.3) is 5.91 Å². The van der Waals surface area contributed by atoms with Gasteiger partial charge in [0.05, 0.1) is 17.4 Å². The van der Waals surface area contributed by atoms with Crippen LogP contribution in [0.1, 0.15) is 26.6 Å². The van der Waals surface area contributed by atoms with E-state index in [4.69, 9.17) is 0 Å². The molecular weight excluding hydrogens is 415 g/mol. The molecule has 30 heavy (non-hydrogen) atoms. The predicted octanol–water partition coefficient (Wildman–Crippen LogP) is 4.59. The van der Waals surface area contributed by atoms with Crippen LogP contribution in [0.25, 0.3) is 5.69 Å². The van der Waals surface area contributed by atoms with Crippen LogP contribution in [-0.2, 0) is 12.6 Å². The van der Waals surface area contributed by atoms with E-state index in [1.807, 2.05) is 30.3 Å². The summed E-state index contributed by atoms with van der Waals surface area (Å²) in [5.41, 5.74) is -0.536. The largest absolute Gasteiger partial charge is 0.434 e. The molecular formula is C20H14F3N5OS. The van der Waals surface area contributed by atoms with Gasteiger partial charge in [-0.2, -0.15) is 18.3 Å². The van der Waals surface area contributed by atoms with Gasteiger partial charge < -0.3 is 0 Å². The van der Waals surface area contributed by atoms with Crippen LogP contribution in [0.2, 0.25) is 0 Å². The highest BCUT2D eigenvalue weighted by molar-refractivity contribution is 7.15. The van der Waals surface area contributed by atoms with Crippen molar-refractivity contribution in [2.24, 2.45) is 0 Å². The molecule has 0 radical (unpaired) electrons. The summed E-state index contributed by atoms with van der Waals surface area (Å²) >= 11 is 1.10. The lowest BCUT2D eigenvalue weighted by Gasteiger charge is -2.12. The van der Waals surface area contributed by atoms with Crippen LogP contribution in [0.4, 0.5) is 18.3 Å². The molecule has 10 heteroatoms. The number of carbonyl (C=O) groups is 1. The smallest absolute Gasteiger partial charge is 0.296 e. The molecule has 4 rings (SSSR count). The summed E-state index contributed by atoms with van der Waals surface area (Å²) in [7, 11) is 0. The van der Waals surface area contributed by atoms with E-state index in [0.29, 0.717) is 16.1 Å². The van der Waals surface area contributed by atoms with Crippen molar-refractivity contribution in [2.45, 2.75) is 12.6 Å². The van der Waals surface area contributed by atoms with Crippen molar-refractivity contribution in [2.75, 3.05) is 5.32 Å². The molecule has 0 aliphatic carbocycles. The standard InChI is InChI=1S/C20H14F3N5OS/c21-20(22,23)17-15(12-24-28(17)14-9-5-2-6-10-14)18(29)25-19-27-26-16(30-19)11-13-7-3-1-4-8-13/h1-10,12H,11H2,(H,25,27,29). The van der Waals surface area contributed by atoms with Crippen molar-refractivity contribution in [1.29, 1.82) is 0 Å². The van der Waals surface area contributed by atoms with E-state index < -0.39 is 23.3 Å². The number of amides is 1. The Morgan fingerprint density at radius 3 is 2.33 bits per heavy atom. The number of hydrogen-bond acceptors (Lipinski definition) is 5. The second kappa shape index (κ2) is 8.07. The molecule has 0 aliphatic heterocycles. The molecule has 0 atom stereocenters. The number of carbonyl (C=O) groups excluding carboxylic acids is 1. The van der Waals surface area contributed by atoms with Crippen molar-refractivity contribution >= 4 is 22.4 Å². The van der Waals surface area contributed by atoms with E-state index >= 15 is 0 Å². The minimum Gasteiger partial charge on any atom is -0.296 e. The monoisotopic (exact) mass is 429 g/mol. The third-order valence-corrected chi connectivity index (χ3v) is 5.01. The van der Waals surface area contributed by atoms with Crippen LogP contribution >= 0.6 is 11.3 Å². The molecule has 1 N–H and O–H groups in total. The van der Waals surface area contributed by atoms with Crippen LogP contribution in [0, 0.1) is 0 Å². The van der Waals surface area contributed by atoms with Gasteiger partial charge in [0.15, 0.2) is 5.69 Å². The van der Waals surface area contributed by atoms with Crippen molar-refractivity contribution in [3.8, 4) is 5.69 Å². The molecule has 0 saturated heterocycles. The van der Waals surface area contributed by atoms with Gasteiger partial charge in [-0.3, -0.25) is 10.1 Å². The van der Waals surface area contributed by atoms with Gasteiger partial charge >= 0.3 is 6.18 Å². The van der Waals surface area contributed by atoms with E-state index in [-0.39, 0.29) is 10.8 Å². The zero-order valence-corrected chi connectivity index (χ0v) is 16.1. The highest BCUT2D eigenvalue weighted by Crippen LogP contribution is 2.34. The predicted molar refractivity (Wildman–Crippen MR) is 106 cm³/mol. The molecule has 0 unspecified atom stereocenters. The van der Waals surface area contributed by atoms with Crippen molar-refractivity contribution in [3.63, 3.8) is 0 Å². The molecule has 2 aromatic carbocycles. The first-order valence-corrected chi connectivity index (χ1v) is 9.62. The summed E-state index contributed by atoms with van der Waals surface area (Å²) < 4.78 is 41.8. The summed E-state index contributed by atoms with van der Waals surface area (Å²) in [6.07, 6.45) is -3.37. The van der Waals surface area contributed by atoms with Gasteiger partial charge in [0.1, 0.15) is 5.01 Å². The Bertz CT molecular complexity index is 1160. The fourth-order valence-corrected chi connectivity index (χ4v) is 3.63. The number of benzene rings is 2. The Morgan fingerprint density at radius 2 is 1.67 bits per heavy atom. The first kappa shape index (κ1) is 19.8. The van der Waals surface area contributed by atoms with E-state index in [2.05, 4.69) is 20.6 Å². The van der Waals surface area contributed by atoms with E-state index in [0.717, 1.165) is 23.1 Å². The molecule has 2 aromatic heterocycles. The molecule has 4 aromatic rings. The first-order valence-electron chi connectivity index (χ1n) is 8.80. The molecule has 0 saturated carbocycles. The maximum atomic E-state index is 13.7. The topological polar surface area (TPSA) is 72.7 Å². The summed E-state index contributed by atoms with van der Waals surface area (Å²) in [4.78, 5) is 12.6. The molecule has 1 amide bonds. The molecule has 0 bridgehead atoms. The van der Waals surface area contributed by atoms with Crippen molar-refractivity contribution in [3.05, 3.63) is 88.7 Å². The summed E-state index contributed by atoms with van der Waals surface area (Å²) in [6, 6.07) is 17.3.